The van der Waals surface area contributed by atoms with Crippen LogP contribution in [0.15, 0.2) is 4.34 Å². The van der Waals surface area contributed by atoms with Gasteiger partial charge in [0.25, 0.3) is 0 Å². The number of unbranched alkanes of at least 4 members (excludes halogenated alkanes) is 2. The maximum absolute atomic E-state index is 11.1. The highest BCUT2D eigenvalue weighted by molar-refractivity contribution is 8.00. The van der Waals surface area contributed by atoms with E-state index in [1.54, 1.807) is 11.8 Å². The van der Waals surface area contributed by atoms with E-state index in [9.17, 15) is 4.79 Å². The van der Waals surface area contributed by atoms with Gasteiger partial charge in [0.1, 0.15) is 5.82 Å². The van der Waals surface area contributed by atoms with E-state index in [1.165, 1.54) is 11.5 Å². The molecule has 1 rings (SSSR count). The van der Waals surface area contributed by atoms with Gasteiger partial charge in [-0.1, -0.05) is 18.2 Å². The van der Waals surface area contributed by atoms with Gasteiger partial charge >= 0.3 is 5.97 Å². The third-order valence-corrected chi connectivity index (χ3v) is 4.08. The molecule has 0 radical (unpaired) electrons. The van der Waals surface area contributed by atoms with E-state index in [2.05, 4.69) is 9.36 Å². The fraction of sp³-hybridized carbons (Fsp3) is 0.727. The van der Waals surface area contributed by atoms with Crippen LogP contribution >= 0.6 is 23.3 Å². The van der Waals surface area contributed by atoms with Gasteiger partial charge < -0.3 is 4.74 Å². The molecule has 0 fully saturated rings. The zero-order chi connectivity index (χ0) is 12.5. The zero-order valence-corrected chi connectivity index (χ0v) is 11.9. The zero-order valence-electron chi connectivity index (χ0n) is 10.3. The molecule has 0 aromatic carbocycles. The summed E-state index contributed by atoms with van der Waals surface area (Å²) in [4.78, 5) is 15.3. The average Bonchev–Trinajstić information content (AvgIpc) is 2.70. The van der Waals surface area contributed by atoms with Crippen molar-refractivity contribution in [1.29, 1.82) is 0 Å². The number of esters is 1. The van der Waals surface area contributed by atoms with Crippen molar-refractivity contribution < 1.29 is 9.53 Å². The molecule has 0 spiro atoms. The van der Waals surface area contributed by atoms with Crippen molar-refractivity contribution in [2.75, 3.05) is 12.4 Å². The lowest BCUT2D eigenvalue weighted by Crippen LogP contribution is -2.03. The van der Waals surface area contributed by atoms with E-state index in [1.807, 2.05) is 13.8 Å². The summed E-state index contributed by atoms with van der Waals surface area (Å²) in [5.41, 5.74) is 0. The van der Waals surface area contributed by atoms with Crippen molar-refractivity contribution in [1.82, 2.24) is 9.36 Å². The molecule has 0 N–H and O–H groups in total. The van der Waals surface area contributed by atoms with Crippen LogP contribution < -0.4 is 0 Å². The molecule has 17 heavy (non-hydrogen) atoms. The second kappa shape index (κ2) is 8.47. The number of aryl methyl sites for hydroxylation is 1. The van der Waals surface area contributed by atoms with Gasteiger partial charge in [0.05, 0.1) is 6.61 Å². The van der Waals surface area contributed by atoms with Crippen LogP contribution in [0.5, 0.6) is 0 Å². The predicted molar refractivity (Wildman–Crippen MR) is 70.5 cm³/mol. The first-order valence-electron chi connectivity index (χ1n) is 5.81. The Morgan fingerprint density at radius 3 is 2.88 bits per heavy atom. The molecule has 96 valence electrons. The predicted octanol–water partition coefficient (Wildman–Crippen LogP) is 3.06. The third-order valence-electron chi connectivity index (χ3n) is 2.07. The Kier molecular flexibility index (Phi) is 7.19. The fourth-order valence-corrected chi connectivity index (χ4v) is 2.99. The molecule has 0 atom stereocenters. The van der Waals surface area contributed by atoms with Crippen LogP contribution in [0.2, 0.25) is 0 Å². The summed E-state index contributed by atoms with van der Waals surface area (Å²) in [7, 11) is 0. The van der Waals surface area contributed by atoms with E-state index in [-0.39, 0.29) is 5.97 Å². The first-order valence-corrected chi connectivity index (χ1v) is 7.57. The smallest absolute Gasteiger partial charge is 0.305 e. The monoisotopic (exact) mass is 274 g/mol. The molecule has 0 unspecified atom stereocenters. The average molecular weight is 274 g/mol. The normalized spacial score (nSPS) is 10.5. The van der Waals surface area contributed by atoms with Gasteiger partial charge in [-0.25, -0.2) is 4.98 Å². The molecule has 4 nitrogen and oxygen atoms in total. The second-order valence-corrected chi connectivity index (χ2v) is 5.67. The summed E-state index contributed by atoms with van der Waals surface area (Å²) in [6, 6.07) is 0. The van der Waals surface area contributed by atoms with Gasteiger partial charge in [-0.2, -0.15) is 4.37 Å². The Labute approximate surface area is 110 Å². The minimum atomic E-state index is -0.0834. The Morgan fingerprint density at radius 2 is 2.24 bits per heavy atom. The summed E-state index contributed by atoms with van der Waals surface area (Å²) in [5.74, 6) is 1.80. The molecule has 1 aromatic heterocycles. The second-order valence-electron chi connectivity index (χ2n) is 3.57. The van der Waals surface area contributed by atoms with Crippen molar-refractivity contribution in [2.45, 2.75) is 43.9 Å². The van der Waals surface area contributed by atoms with Gasteiger partial charge in [-0.05, 0) is 38.2 Å². The number of carbonyl (C=O) groups is 1. The van der Waals surface area contributed by atoms with E-state index >= 15 is 0 Å². The van der Waals surface area contributed by atoms with Crippen molar-refractivity contribution >= 4 is 29.3 Å². The van der Waals surface area contributed by atoms with E-state index < -0.39 is 0 Å². The van der Waals surface area contributed by atoms with Crippen LogP contribution in [0.3, 0.4) is 0 Å². The molecular formula is C11H18N2O2S2. The molecule has 0 bridgehead atoms. The summed E-state index contributed by atoms with van der Waals surface area (Å²) in [6.45, 7) is 4.21. The molecule has 1 heterocycles. The lowest BCUT2D eigenvalue weighted by molar-refractivity contribution is -0.143. The van der Waals surface area contributed by atoms with Gasteiger partial charge in [0.15, 0.2) is 4.34 Å². The van der Waals surface area contributed by atoms with Crippen LogP contribution in [0, 0.1) is 6.92 Å². The number of hydrogen-bond donors (Lipinski definition) is 0. The van der Waals surface area contributed by atoms with Gasteiger partial charge in [-0.15, -0.1) is 0 Å². The number of ether oxygens (including phenoxy) is 1. The maximum Gasteiger partial charge on any atom is 0.305 e. The van der Waals surface area contributed by atoms with E-state index in [0.29, 0.717) is 13.0 Å². The van der Waals surface area contributed by atoms with Gasteiger partial charge in [0.2, 0.25) is 0 Å². The largest absolute Gasteiger partial charge is 0.466 e. The van der Waals surface area contributed by atoms with Crippen LogP contribution in [0.4, 0.5) is 0 Å². The highest BCUT2D eigenvalue weighted by Gasteiger charge is 2.02. The number of aromatic nitrogens is 2. The van der Waals surface area contributed by atoms with E-state index in [4.69, 9.17) is 4.74 Å². The van der Waals surface area contributed by atoms with Crippen LogP contribution in [0.1, 0.15) is 38.4 Å². The summed E-state index contributed by atoms with van der Waals surface area (Å²) in [5, 5.41) is 0. The summed E-state index contributed by atoms with van der Waals surface area (Å²) < 4.78 is 10.0. The molecular weight excluding hydrogens is 256 g/mol. The minimum Gasteiger partial charge on any atom is -0.466 e. The highest BCUT2D eigenvalue weighted by Crippen LogP contribution is 2.21. The molecule has 0 aliphatic heterocycles. The number of nitrogens with zero attached hydrogens (tertiary/aromatic N) is 2. The topological polar surface area (TPSA) is 52.1 Å². The number of hydrogen-bond acceptors (Lipinski definition) is 6. The highest BCUT2D eigenvalue weighted by atomic mass is 32.2. The molecule has 0 saturated carbocycles. The van der Waals surface area contributed by atoms with Crippen molar-refractivity contribution in [3.05, 3.63) is 5.82 Å². The molecule has 0 aliphatic carbocycles. The fourth-order valence-electron chi connectivity index (χ4n) is 1.28. The van der Waals surface area contributed by atoms with Gasteiger partial charge in [0, 0.05) is 12.2 Å². The van der Waals surface area contributed by atoms with Crippen LogP contribution in [-0.4, -0.2) is 27.7 Å². The summed E-state index contributed by atoms with van der Waals surface area (Å²) >= 11 is 3.19. The lowest BCUT2D eigenvalue weighted by Gasteiger charge is -2.01. The Bertz CT molecular complexity index is 342. The lowest BCUT2D eigenvalue weighted by atomic mass is 10.2. The molecule has 1 aromatic rings. The first-order chi connectivity index (χ1) is 8.22. The molecule has 6 heteroatoms. The Hall–Kier alpha value is -0.620. The minimum absolute atomic E-state index is 0.0834. The molecule has 0 saturated heterocycles. The quantitative estimate of drug-likeness (QED) is 0.414. The Balaban J connectivity index is 1.96. The van der Waals surface area contributed by atoms with Crippen LogP contribution in [-0.2, 0) is 9.53 Å². The first kappa shape index (κ1) is 14.4. The van der Waals surface area contributed by atoms with Crippen LogP contribution in [0.25, 0.3) is 0 Å². The number of rotatable bonds is 8. The van der Waals surface area contributed by atoms with E-state index in [0.717, 1.165) is 35.2 Å². The SMILES string of the molecule is CCOC(=O)CCCCCSc1nc(C)ns1. The molecule has 0 amide bonds. The standard InChI is InChI=1S/C11H18N2O2S2/c1-3-15-10(14)7-5-4-6-8-16-11-12-9(2)13-17-11/h3-8H2,1-2H3. The van der Waals surface area contributed by atoms with Crippen molar-refractivity contribution in [2.24, 2.45) is 0 Å². The molecule has 0 aliphatic rings. The van der Waals surface area contributed by atoms with Crippen molar-refractivity contribution in [3.63, 3.8) is 0 Å². The number of thioether (sulfide) groups is 1. The van der Waals surface area contributed by atoms with Crippen molar-refractivity contribution in [3.8, 4) is 0 Å². The maximum atomic E-state index is 11.1. The number of carbonyl (C=O) groups excluding carboxylic acids is 1. The summed E-state index contributed by atoms with van der Waals surface area (Å²) in [6.07, 6.45) is 3.61. The van der Waals surface area contributed by atoms with Gasteiger partial charge in [-0.3, -0.25) is 4.79 Å². The Morgan fingerprint density at radius 1 is 1.41 bits per heavy atom. The third kappa shape index (κ3) is 6.63.